The van der Waals surface area contributed by atoms with E-state index in [1.54, 1.807) is 30.3 Å². The van der Waals surface area contributed by atoms with Gasteiger partial charge in [-0.15, -0.1) is 0 Å². The number of ketones is 1. The summed E-state index contributed by atoms with van der Waals surface area (Å²) in [7, 11) is 1.51. The number of hydrogen-bond donors (Lipinski definition) is 1. The van der Waals surface area contributed by atoms with Crippen LogP contribution < -0.4 is 4.74 Å². The Balaban J connectivity index is 2.07. The van der Waals surface area contributed by atoms with Crippen molar-refractivity contribution < 1.29 is 24.4 Å². The van der Waals surface area contributed by atoms with Gasteiger partial charge in [0, 0.05) is 24.2 Å². The van der Waals surface area contributed by atoms with Gasteiger partial charge in [0.15, 0.2) is 0 Å². The highest BCUT2D eigenvalue weighted by molar-refractivity contribution is 6.46. The highest BCUT2D eigenvalue weighted by atomic mass is 16.6. The largest absolute Gasteiger partial charge is 0.507 e. The van der Waals surface area contributed by atoms with Crippen molar-refractivity contribution in [2.45, 2.75) is 26.3 Å². The van der Waals surface area contributed by atoms with Crippen molar-refractivity contribution in [3.05, 3.63) is 75.3 Å². The molecule has 9 heteroatoms. The van der Waals surface area contributed by atoms with Crippen molar-refractivity contribution in [3.8, 4) is 5.75 Å². The summed E-state index contributed by atoms with van der Waals surface area (Å²) < 4.78 is 5.14. The average molecular weight is 468 g/mol. The van der Waals surface area contributed by atoms with Crippen molar-refractivity contribution in [2.24, 2.45) is 0 Å². The van der Waals surface area contributed by atoms with Gasteiger partial charge in [0.25, 0.3) is 17.4 Å². The molecular formula is C25H29N3O6. The number of likely N-dealkylation sites (tertiary alicyclic amines) is 1. The first-order valence-electron chi connectivity index (χ1n) is 11.2. The number of nitrogens with zero attached hydrogens (tertiary/aromatic N) is 3. The SMILES string of the molecule is CCN(CC)CCCN1C(=O)C(=O)C(=C(O)c2ccc(OC)cc2)[C@@H]1c1cccc([N+](=O)[O-])c1. The van der Waals surface area contributed by atoms with Crippen molar-refractivity contribution in [3.63, 3.8) is 0 Å². The number of aliphatic hydroxyl groups excluding tert-OH is 1. The van der Waals surface area contributed by atoms with E-state index in [4.69, 9.17) is 4.74 Å². The molecule has 1 amide bonds. The van der Waals surface area contributed by atoms with Gasteiger partial charge in [0.1, 0.15) is 11.5 Å². The van der Waals surface area contributed by atoms with Crippen LogP contribution in [-0.2, 0) is 9.59 Å². The van der Waals surface area contributed by atoms with Crippen LogP contribution in [0.15, 0.2) is 54.1 Å². The highest BCUT2D eigenvalue weighted by Crippen LogP contribution is 2.40. The number of amides is 1. The number of rotatable bonds is 10. The number of methoxy groups -OCH3 is 1. The molecule has 0 unspecified atom stereocenters. The van der Waals surface area contributed by atoms with Gasteiger partial charge in [-0.3, -0.25) is 19.7 Å². The Labute approximate surface area is 198 Å². The van der Waals surface area contributed by atoms with Crippen molar-refractivity contribution in [1.29, 1.82) is 0 Å². The maximum Gasteiger partial charge on any atom is 0.295 e. The number of non-ortho nitro benzene ring substituents is 1. The third kappa shape index (κ3) is 5.09. The Morgan fingerprint density at radius 1 is 1.15 bits per heavy atom. The van der Waals surface area contributed by atoms with Gasteiger partial charge in [-0.25, -0.2) is 0 Å². The zero-order valence-electron chi connectivity index (χ0n) is 19.6. The number of nitro groups is 1. The number of carbonyl (C=O) groups is 2. The molecule has 0 spiro atoms. The fourth-order valence-corrected chi connectivity index (χ4v) is 4.17. The molecule has 1 N–H and O–H groups in total. The zero-order valence-corrected chi connectivity index (χ0v) is 19.6. The minimum Gasteiger partial charge on any atom is -0.507 e. The van der Waals surface area contributed by atoms with Crippen molar-refractivity contribution in [2.75, 3.05) is 33.3 Å². The number of Topliss-reactive ketones (excluding diaryl/α,β-unsaturated/α-hetero) is 1. The molecule has 0 aromatic heterocycles. The molecule has 34 heavy (non-hydrogen) atoms. The minimum absolute atomic E-state index is 0.0847. The van der Waals surface area contributed by atoms with Gasteiger partial charge in [-0.1, -0.05) is 26.0 Å². The molecule has 1 saturated heterocycles. The molecule has 0 aliphatic carbocycles. The van der Waals surface area contributed by atoms with Crippen LogP contribution in [0.1, 0.15) is 37.4 Å². The van der Waals surface area contributed by atoms with Crippen LogP contribution >= 0.6 is 0 Å². The summed E-state index contributed by atoms with van der Waals surface area (Å²) in [5.41, 5.74) is 0.498. The molecule has 0 saturated carbocycles. The summed E-state index contributed by atoms with van der Waals surface area (Å²) in [6.07, 6.45) is 0.614. The van der Waals surface area contributed by atoms with Crippen LogP contribution in [0.4, 0.5) is 5.69 Å². The number of benzene rings is 2. The molecule has 9 nitrogen and oxygen atoms in total. The normalized spacial score (nSPS) is 17.4. The maximum absolute atomic E-state index is 13.1. The minimum atomic E-state index is -0.932. The molecule has 180 valence electrons. The summed E-state index contributed by atoms with van der Waals surface area (Å²) in [5.74, 6) is -1.30. The van der Waals surface area contributed by atoms with Gasteiger partial charge < -0.3 is 19.6 Å². The number of carbonyl (C=O) groups excluding carboxylic acids is 2. The molecule has 3 rings (SSSR count). The number of hydrogen-bond acceptors (Lipinski definition) is 7. The van der Waals surface area contributed by atoms with Crippen molar-refractivity contribution >= 4 is 23.1 Å². The predicted octanol–water partition coefficient (Wildman–Crippen LogP) is 3.76. The summed E-state index contributed by atoms with van der Waals surface area (Å²) in [6, 6.07) is 11.3. The lowest BCUT2D eigenvalue weighted by Crippen LogP contribution is -2.33. The van der Waals surface area contributed by atoms with Gasteiger partial charge in [0.05, 0.1) is 23.6 Å². The van der Waals surface area contributed by atoms with E-state index < -0.39 is 22.7 Å². The summed E-state index contributed by atoms with van der Waals surface area (Å²) in [6.45, 7) is 6.83. The van der Waals surface area contributed by atoms with E-state index in [1.165, 1.54) is 30.2 Å². The molecule has 0 radical (unpaired) electrons. The van der Waals surface area contributed by atoms with Crippen LogP contribution in [0.2, 0.25) is 0 Å². The Hall–Kier alpha value is -3.72. The van der Waals surface area contributed by atoms with Gasteiger partial charge in [-0.05, 0) is 55.9 Å². The van der Waals surface area contributed by atoms with E-state index in [-0.39, 0.29) is 23.6 Å². The molecule has 1 aliphatic rings. The molecule has 1 heterocycles. The molecule has 1 atom stereocenters. The number of nitro benzene ring substituents is 1. The highest BCUT2D eigenvalue weighted by Gasteiger charge is 2.46. The van der Waals surface area contributed by atoms with Gasteiger partial charge >= 0.3 is 0 Å². The molecular weight excluding hydrogens is 438 g/mol. The number of ether oxygens (including phenoxy) is 1. The van der Waals surface area contributed by atoms with Crippen LogP contribution in [0, 0.1) is 10.1 Å². The summed E-state index contributed by atoms with van der Waals surface area (Å²) in [5, 5.41) is 22.5. The lowest BCUT2D eigenvalue weighted by Gasteiger charge is -2.26. The van der Waals surface area contributed by atoms with E-state index in [9.17, 15) is 24.8 Å². The molecule has 2 aromatic carbocycles. The van der Waals surface area contributed by atoms with Crippen LogP contribution in [0.3, 0.4) is 0 Å². The topological polar surface area (TPSA) is 113 Å². The van der Waals surface area contributed by atoms with E-state index in [0.29, 0.717) is 23.3 Å². The Morgan fingerprint density at radius 2 is 1.82 bits per heavy atom. The fourth-order valence-electron chi connectivity index (χ4n) is 4.17. The van der Waals surface area contributed by atoms with Crippen LogP contribution in [0.25, 0.3) is 5.76 Å². The first-order valence-corrected chi connectivity index (χ1v) is 11.2. The summed E-state index contributed by atoms with van der Waals surface area (Å²) >= 11 is 0. The third-order valence-corrected chi connectivity index (χ3v) is 6.07. The van der Waals surface area contributed by atoms with Gasteiger partial charge in [-0.2, -0.15) is 0 Å². The monoisotopic (exact) mass is 467 g/mol. The lowest BCUT2D eigenvalue weighted by molar-refractivity contribution is -0.384. The van der Waals surface area contributed by atoms with Crippen molar-refractivity contribution in [1.82, 2.24) is 9.80 Å². The second-order valence-electron chi connectivity index (χ2n) is 7.95. The molecule has 2 aromatic rings. The summed E-state index contributed by atoms with van der Waals surface area (Å²) in [4.78, 5) is 40.6. The fraction of sp³-hybridized carbons (Fsp3) is 0.360. The van der Waals surface area contributed by atoms with Gasteiger partial charge in [0.2, 0.25) is 0 Å². The maximum atomic E-state index is 13.1. The Bertz CT molecular complexity index is 1090. The van der Waals surface area contributed by atoms with Crippen LogP contribution in [-0.4, -0.2) is 64.8 Å². The molecule has 1 aliphatic heterocycles. The number of aliphatic hydroxyl groups is 1. The standard InChI is InChI=1S/C25H29N3O6/c1-4-26(5-2)14-7-15-27-22(18-8-6-9-19(16-18)28(32)33)21(24(30)25(27)31)23(29)17-10-12-20(34-3)13-11-17/h6,8-13,16,22,29H,4-5,7,14-15H2,1-3H3/t22-/m0/s1. The third-order valence-electron chi connectivity index (χ3n) is 6.07. The van der Waals surface area contributed by atoms with Crippen LogP contribution in [0.5, 0.6) is 5.75 Å². The predicted molar refractivity (Wildman–Crippen MR) is 128 cm³/mol. The Kier molecular flexibility index (Phi) is 8.01. The average Bonchev–Trinajstić information content (AvgIpc) is 3.11. The smallest absolute Gasteiger partial charge is 0.295 e. The molecule has 1 fully saturated rings. The molecule has 0 bridgehead atoms. The first kappa shape index (κ1) is 24.9. The second-order valence-corrected chi connectivity index (χ2v) is 7.95. The van der Waals surface area contributed by atoms with E-state index in [2.05, 4.69) is 4.90 Å². The quantitative estimate of drug-likeness (QED) is 0.186. The lowest BCUT2D eigenvalue weighted by atomic mass is 9.95. The van der Waals surface area contributed by atoms with E-state index >= 15 is 0 Å². The first-order chi connectivity index (χ1) is 16.3. The Morgan fingerprint density at radius 3 is 2.41 bits per heavy atom. The van der Waals surface area contributed by atoms with E-state index in [0.717, 1.165) is 19.6 Å². The van der Waals surface area contributed by atoms with E-state index in [1.807, 2.05) is 13.8 Å². The zero-order chi connectivity index (χ0) is 24.8. The second kappa shape index (κ2) is 10.9.